The van der Waals surface area contributed by atoms with Crippen LogP contribution in [-0.4, -0.2) is 5.91 Å². The highest BCUT2D eigenvalue weighted by Gasteiger charge is 2.11. The molecule has 2 nitrogen and oxygen atoms in total. The van der Waals surface area contributed by atoms with Crippen molar-refractivity contribution in [3.05, 3.63) is 64.9 Å². The predicted octanol–water partition coefficient (Wildman–Crippen LogP) is 3.73. The third kappa shape index (κ3) is 2.82. The summed E-state index contributed by atoms with van der Waals surface area (Å²) in [7, 11) is 0. The monoisotopic (exact) mass is 249 g/mol. The van der Waals surface area contributed by atoms with Crippen LogP contribution in [-0.2, 0) is 0 Å². The van der Waals surface area contributed by atoms with Gasteiger partial charge in [-0.25, -0.2) is 4.39 Å². The van der Waals surface area contributed by atoms with E-state index in [0.717, 1.165) is 6.07 Å². The Morgan fingerprint density at radius 2 is 1.82 bits per heavy atom. The minimum Gasteiger partial charge on any atom is -0.322 e. The third-order valence-electron chi connectivity index (χ3n) is 2.21. The van der Waals surface area contributed by atoms with Crippen molar-refractivity contribution in [3.8, 4) is 0 Å². The van der Waals surface area contributed by atoms with Crippen molar-refractivity contribution in [2.75, 3.05) is 5.32 Å². The number of hydrogen-bond donors (Lipinski definition) is 1. The number of para-hydroxylation sites is 1. The summed E-state index contributed by atoms with van der Waals surface area (Å²) in [5.41, 5.74) is 0.588. The minimum atomic E-state index is -0.633. The molecule has 2 aromatic rings. The highest BCUT2D eigenvalue weighted by atomic mass is 35.5. The van der Waals surface area contributed by atoms with Crippen molar-refractivity contribution < 1.29 is 9.18 Å². The Morgan fingerprint density at radius 3 is 2.47 bits per heavy atom. The van der Waals surface area contributed by atoms with Crippen LogP contribution in [0, 0.1) is 5.82 Å². The highest BCUT2D eigenvalue weighted by Crippen LogP contribution is 2.16. The zero-order valence-corrected chi connectivity index (χ0v) is 9.54. The van der Waals surface area contributed by atoms with E-state index in [0.29, 0.717) is 5.69 Å². The van der Waals surface area contributed by atoms with Crippen LogP contribution in [0.4, 0.5) is 10.1 Å². The van der Waals surface area contributed by atoms with E-state index in [1.807, 2.05) is 6.07 Å². The summed E-state index contributed by atoms with van der Waals surface area (Å²) in [5.74, 6) is -1.13. The number of anilines is 1. The number of hydrogen-bond acceptors (Lipinski definition) is 1. The lowest BCUT2D eigenvalue weighted by Crippen LogP contribution is -2.13. The lowest BCUT2D eigenvalue weighted by atomic mass is 10.2. The largest absolute Gasteiger partial charge is 0.322 e. The van der Waals surface area contributed by atoms with Gasteiger partial charge in [-0.3, -0.25) is 4.79 Å². The molecule has 0 saturated carbocycles. The second-order valence-electron chi connectivity index (χ2n) is 3.44. The zero-order chi connectivity index (χ0) is 12.3. The van der Waals surface area contributed by atoms with E-state index in [1.165, 1.54) is 12.1 Å². The summed E-state index contributed by atoms with van der Waals surface area (Å²) in [6, 6.07) is 12.8. The van der Waals surface area contributed by atoms with Crippen LogP contribution in [0.3, 0.4) is 0 Å². The van der Waals surface area contributed by atoms with E-state index in [9.17, 15) is 9.18 Å². The fourth-order valence-corrected chi connectivity index (χ4v) is 1.55. The zero-order valence-electron chi connectivity index (χ0n) is 8.78. The molecule has 0 aliphatic heterocycles. The molecule has 0 fully saturated rings. The Morgan fingerprint density at radius 1 is 1.12 bits per heavy atom. The molecule has 86 valence electrons. The molecule has 0 saturated heterocycles. The van der Waals surface area contributed by atoms with Gasteiger partial charge >= 0.3 is 0 Å². The average molecular weight is 250 g/mol. The Hall–Kier alpha value is -1.87. The van der Waals surface area contributed by atoms with Crippen molar-refractivity contribution >= 4 is 23.2 Å². The van der Waals surface area contributed by atoms with Gasteiger partial charge in [0.05, 0.1) is 5.56 Å². The van der Waals surface area contributed by atoms with Gasteiger partial charge in [-0.2, -0.15) is 0 Å². The summed E-state index contributed by atoms with van der Waals surface area (Å²) in [5, 5.41) is 2.86. The van der Waals surface area contributed by atoms with Crippen LogP contribution in [0.25, 0.3) is 0 Å². The van der Waals surface area contributed by atoms with E-state index < -0.39 is 11.7 Å². The van der Waals surface area contributed by atoms with Crippen LogP contribution >= 0.6 is 11.6 Å². The molecule has 1 amide bonds. The number of amides is 1. The molecule has 0 radical (unpaired) electrons. The summed E-state index contributed by atoms with van der Waals surface area (Å²) >= 11 is 5.61. The maximum atomic E-state index is 13.5. The smallest absolute Gasteiger partial charge is 0.258 e. The first-order valence-electron chi connectivity index (χ1n) is 4.98. The van der Waals surface area contributed by atoms with Crippen molar-refractivity contribution in [1.82, 2.24) is 0 Å². The Bertz CT molecular complexity index is 542. The predicted molar refractivity (Wildman–Crippen MR) is 65.8 cm³/mol. The van der Waals surface area contributed by atoms with Crippen molar-refractivity contribution in [2.24, 2.45) is 0 Å². The van der Waals surface area contributed by atoms with Gasteiger partial charge in [-0.15, -0.1) is 0 Å². The standard InChI is InChI=1S/C13H9ClFNO/c14-9-6-7-11(12(15)8-9)13(17)16-10-4-2-1-3-5-10/h1-8H,(H,16,17). The SMILES string of the molecule is O=C(Nc1ccccc1)c1ccc(Cl)cc1F. The Kier molecular flexibility index (Phi) is 3.40. The third-order valence-corrected chi connectivity index (χ3v) is 2.44. The van der Waals surface area contributed by atoms with E-state index in [1.54, 1.807) is 24.3 Å². The first kappa shape index (κ1) is 11.6. The number of benzene rings is 2. The maximum Gasteiger partial charge on any atom is 0.258 e. The molecule has 0 heterocycles. The second-order valence-corrected chi connectivity index (χ2v) is 3.88. The Labute approximate surface area is 103 Å². The van der Waals surface area contributed by atoms with E-state index in [2.05, 4.69) is 5.32 Å². The molecule has 0 aliphatic rings. The van der Waals surface area contributed by atoms with Crippen LogP contribution in [0.5, 0.6) is 0 Å². The molecule has 0 spiro atoms. The van der Waals surface area contributed by atoms with Crippen molar-refractivity contribution in [3.63, 3.8) is 0 Å². The Balaban J connectivity index is 2.21. The molecule has 17 heavy (non-hydrogen) atoms. The minimum absolute atomic E-state index is 0.0294. The fourth-order valence-electron chi connectivity index (χ4n) is 1.39. The fraction of sp³-hybridized carbons (Fsp3) is 0. The van der Waals surface area contributed by atoms with Crippen molar-refractivity contribution in [1.29, 1.82) is 0 Å². The lowest BCUT2D eigenvalue weighted by Gasteiger charge is -2.05. The average Bonchev–Trinajstić information content (AvgIpc) is 2.30. The van der Waals surface area contributed by atoms with Crippen LogP contribution in [0.1, 0.15) is 10.4 Å². The summed E-state index contributed by atoms with van der Waals surface area (Å²) in [6.07, 6.45) is 0. The van der Waals surface area contributed by atoms with Crippen LogP contribution in [0.15, 0.2) is 48.5 Å². The van der Waals surface area contributed by atoms with Gasteiger partial charge in [0.15, 0.2) is 0 Å². The number of rotatable bonds is 2. The molecule has 0 aromatic heterocycles. The molecule has 0 atom stereocenters. The molecular formula is C13H9ClFNO. The summed E-state index contributed by atoms with van der Waals surface area (Å²) in [4.78, 5) is 11.8. The summed E-state index contributed by atoms with van der Waals surface area (Å²) < 4.78 is 13.5. The van der Waals surface area contributed by atoms with Gasteiger partial charge in [0, 0.05) is 10.7 Å². The molecule has 0 unspecified atom stereocenters. The van der Waals surface area contributed by atoms with E-state index >= 15 is 0 Å². The number of carbonyl (C=O) groups is 1. The van der Waals surface area contributed by atoms with Gasteiger partial charge in [0.1, 0.15) is 5.82 Å². The normalized spacial score (nSPS) is 10.0. The topological polar surface area (TPSA) is 29.1 Å². The molecule has 2 rings (SSSR count). The van der Waals surface area contributed by atoms with Gasteiger partial charge in [0.2, 0.25) is 0 Å². The molecular weight excluding hydrogens is 241 g/mol. The first-order valence-corrected chi connectivity index (χ1v) is 5.36. The molecule has 4 heteroatoms. The maximum absolute atomic E-state index is 13.5. The van der Waals surface area contributed by atoms with Gasteiger partial charge in [-0.05, 0) is 30.3 Å². The van der Waals surface area contributed by atoms with Gasteiger partial charge in [-0.1, -0.05) is 29.8 Å². The van der Waals surface area contributed by atoms with Crippen LogP contribution in [0.2, 0.25) is 5.02 Å². The van der Waals surface area contributed by atoms with Crippen LogP contribution < -0.4 is 5.32 Å². The van der Waals surface area contributed by atoms with Crippen molar-refractivity contribution in [2.45, 2.75) is 0 Å². The molecule has 1 N–H and O–H groups in total. The van der Waals surface area contributed by atoms with E-state index in [4.69, 9.17) is 11.6 Å². The molecule has 0 bridgehead atoms. The first-order chi connectivity index (χ1) is 8.16. The quantitative estimate of drug-likeness (QED) is 0.863. The molecule has 2 aromatic carbocycles. The van der Waals surface area contributed by atoms with E-state index in [-0.39, 0.29) is 10.6 Å². The number of halogens is 2. The number of nitrogens with one attached hydrogen (secondary N) is 1. The second kappa shape index (κ2) is 4.97. The summed E-state index contributed by atoms with van der Waals surface area (Å²) in [6.45, 7) is 0. The van der Waals surface area contributed by atoms with Gasteiger partial charge in [0.25, 0.3) is 5.91 Å². The highest BCUT2D eigenvalue weighted by molar-refractivity contribution is 6.30. The number of carbonyl (C=O) groups excluding carboxylic acids is 1. The van der Waals surface area contributed by atoms with Gasteiger partial charge < -0.3 is 5.32 Å². The lowest BCUT2D eigenvalue weighted by molar-refractivity contribution is 0.102. The molecule has 0 aliphatic carbocycles.